The molecule has 0 spiro atoms. The van der Waals surface area contributed by atoms with E-state index in [1.807, 2.05) is 0 Å². The number of nitrogens with zero attached hydrogens (tertiary/aromatic N) is 1. The first kappa shape index (κ1) is 15.4. The highest BCUT2D eigenvalue weighted by atomic mass is 16.5. The number of ether oxygens (including phenoxy) is 1. The molecule has 0 aromatic rings. The second-order valence-corrected chi connectivity index (χ2v) is 5.43. The number of hydrogen-bond acceptors (Lipinski definition) is 4. The number of piperidine rings is 1. The Morgan fingerprint density at radius 2 is 2.11 bits per heavy atom. The van der Waals surface area contributed by atoms with Crippen molar-refractivity contribution in [1.82, 2.24) is 10.2 Å². The van der Waals surface area contributed by atoms with Crippen LogP contribution in [0.4, 0.5) is 0 Å². The standard InChI is InChI=1S/C13H27N3O2/c1-11(2)10-18-8-5-15-13(17)9-16-6-3-12(14)4-7-16/h11-12H,3-10,14H2,1-2H3,(H,15,17). The zero-order chi connectivity index (χ0) is 13.4. The Balaban J connectivity index is 2.00. The van der Waals surface area contributed by atoms with Gasteiger partial charge in [0.25, 0.3) is 0 Å². The number of hydrogen-bond donors (Lipinski definition) is 2. The van der Waals surface area contributed by atoms with Crippen molar-refractivity contribution in [3.05, 3.63) is 0 Å². The smallest absolute Gasteiger partial charge is 0.234 e. The van der Waals surface area contributed by atoms with Gasteiger partial charge in [0.2, 0.25) is 5.91 Å². The van der Waals surface area contributed by atoms with E-state index < -0.39 is 0 Å². The van der Waals surface area contributed by atoms with E-state index in [2.05, 4.69) is 24.1 Å². The van der Waals surface area contributed by atoms with Crippen LogP contribution in [-0.2, 0) is 9.53 Å². The van der Waals surface area contributed by atoms with Gasteiger partial charge in [0.15, 0.2) is 0 Å². The highest BCUT2D eigenvalue weighted by molar-refractivity contribution is 5.77. The number of rotatable bonds is 7. The van der Waals surface area contributed by atoms with Gasteiger partial charge in [0.1, 0.15) is 0 Å². The SMILES string of the molecule is CC(C)COCCNC(=O)CN1CCC(N)CC1. The summed E-state index contributed by atoms with van der Waals surface area (Å²) in [5.74, 6) is 0.622. The maximum atomic E-state index is 11.7. The summed E-state index contributed by atoms with van der Waals surface area (Å²) in [5.41, 5.74) is 5.82. The van der Waals surface area contributed by atoms with Crippen molar-refractivity contribution in [1.29, 1.82) is 0 Å². The van der Waals surface area contributed by atoms with Crippen molar-refractivity contribution >= 4 is 5.91 Å². The summed E-state index contributed by atoms with van der Waals surface area (Å²) in [5, 5.41) is 2.88. The number of likely N-dealkylation sites (tertiary alicyclic amines) is 1. The summed E-state index contributed by atoms with van der Waals surface area (Å²) in [4.78, 5) is 13.8. The van der Waals surface area contributed by atoms with Crippen LogP contribution in [0, 0.1) is 5.92 Å². The molecule has 5 nitrogen and oxygen atoms in total. The first-order valence-corrected chi connectivity index (χ1v) is 6.90. The van der Waals surface area contributed by atoms with E-state index in [0.717, 1.165) is 32.5 Å². The zero-order valence-electron chi connectivity index (χ0n) is 11.7. The van der Waals surface area contributed by atoms with Gasteiger partial charge in [-0.1, -0.05) is 13.8 Å². The maximum absolute atomic E-state index is 11.7. The molecule has 0 aromatic heterocycles. The van der Waals surface area contributed by atoms with Crippen LogP contribution >= 0.6 is 0 Å². The van der Waals surface area contributed by atoms with Crippen LogP contribution in [0.25, 0.3) is 0 Å². The van der Waals surface area contributed by atoms with E-state index in [1.165, 1.54) is 0 Å². The van der Waals surface area contributed by atoms with Crippen LogP contribution in [0.5, 0.6) is 0 Å². The second kappa shape index (κ2) is 8.45. The predicted molar refractivity (Wildman–Crippen MR) is 72.3 cm³/mol. The summed E-state index contributed by atoms with van der Waals surface area (Å²) in [7, 11) is 0. The molecule has 18 heavy (non-hydrogen) atoms. The van der Waals surface area contributed by atoms with Crippen molar-refractivity contribution in [3.8, 4) is 0 Å². The molecule has 0 aliphatic carbocycles. The fourth-order valence-electron chi connectivity index (χ4n) is 1.95. The zero-order valence-corrected chi connectivity index (χ0v) is 11.7. The van der Waals surface area contributed by atoms with Crippen molar-refractivity contribution in [2.75, 3.05) is 39.4 Å². The topological polar surface area (TPSA) is 67.6 Å². The fraction of sp³-hybridized carbons (Fsp3) is 0.923. The number of nitrogens with one attached hydrogen (secondary N) is 1. The summed E-state index contributed by atoms with van der Waals surface area (Å²) in [6, 6.07) is 0.314. The lowest BCUT2D eigenvalue weighted by atomic mass is 10.1. The second-order valence-electron chi connectivity index (χ2n) is 5.43. The lowest BCUT2D eigenvalue weighted by Crippen LogP contribution is -2.45. The van der Waals surface area contributed by atoms with Crippen LogP contribution in [0.2, 0.25) is 0 Å². The van der Waals surface area contributed by atoms with E-state index in [4.69, 9.17) is 10.5 Å². The van der Waals surface area contributed by atoms with Crippen LogP contribution in [0.15, 0.2) is 0 Å². The molecule has 5 heteroatoms. The molecule has 0 atom stereocenters. The van der Waals surface area contributed by atoms with E-state index in [-0.39, 0.29) is 5.91 Å². The Kier molecular flexibility index (Phi) is 7.23. The third-order valence-corrected chi connectivity index (χ3v) is 3.02. The predicted octanol–water partition coefficient (Wildman–Crippen LogP) is 0.198. The summed E-state index contributed by atoms with van der Waals surface area (Å²) >= 11 is 0. The molecular formula is C13H27N3O2. The molecule has 1 aliphatic heterocycles. The number of carbonyl (C=O) groups excluding carboxylic acids is 1. The van der Waals surface area contributed by atoms with Gasteiger partial charge in [-0.3, -0.25) is 9.69 Å². The molecule has 1 fully saturated rings. The molecule has 1 amide bonds. The summed E-state index contributed by atoms with van der Waals surface area (Å²) < 4.78 is 5.40. The van der Waals surface area contributed by atoms with Gasteiger partial charge in [-0.15, -0.1) is 0 Å². The first-order valence-electron chi connectivity index (χ1n) is 6.90. The third kappa shape index (κ3) is 6.93. The van der Waals surface area contributed by atoms with Gasteiger partial charge < -0.3 is 15.8 Å². The van der Waals surface area contributed by atoms with Crippen molar-refractivity contribution in [3.63, 3.8) is 0 Å². The van der Waals surface area contributed by atoms with Gasteiger partial charge in [-0.05, 0) is 18.8 Å². The quantitative estimate of drug-likeness (QED) is 0.639. The van der Waals surface area contributed by atoms with Crippen LogP contribution in [0.3, 0.4) is 0 Å². The molecule has 3 N–H and O–H groups in total. The number of carbonyl (C=O) groups is 1. The molecule has 0 aromatic carbocycles. The van der Waals surface area contributed by atoms with E-state index in [1.54, 1.807) is 0 Å². The lowest BCUT2D eigenvalue weighted by molar-refractivity contribution is -0.122. The average Bonchev–Trinajstić information content (AvgIpc) is 2.31. The molecule has 0 bridgehead atoms. The minimum atomic E-state index is 0.0821. The number of nitrogens with two attached hydrogens (primary N) is 1. The Morgan fingerprint density at radius 1 is 1.44 bits per heavy atom. The van der Waals surface area contributed by atoms with Gasteiger partial charge in [-0.2, -0.15) is 0 Å². The largest absolute Gasteiger partial charge is 0.379 e. The van der Waals surface area contributed by atoms with Gasteiger partial charge in [0.05, 0.1) is 13.2 Å². The van der Waals surface area contributed by atoms with Crippen LogP contribution in [-0.4, -0.2) is 56.2 Å². The minimum Gasteiger partial charge on any atom is -0.379 e. The van der Waals surface area contributed by atoms with Gasteiger partial charge in [-0.25, -0.2) is 0 Å². The third-order valence-electron chi connectivity index (χ3n) is 3.02. The molecular weight excluding hydrogens is 230 g/mol. The Hall–Kier alpha value is -0.650. The Morgan fingerprint density at radius 3 is 2.72 bits per heavy atom. The average molecular weight is 257 g/mol. The summed E-state index contributed by atoms with van der Waals surface area (Å²) in [6.45, 7) is 8.50. The molecule has 1 heterocycles. The van der Waals surface area contributed by atoms with Crippen molar-refractivity contribution in [2.45, 2.75) is 32.7 Å². The van der Waals surface area contributed by atoms with E-state index >= 15 is 0 Å². The van der Waals surface area contributed by atoms with Crippen LogP contribution in [0.1, 0.15) is 26.7 Å². The maximum Gasteiger partial charge on any atom is 0.234 e. The molecule has 1 aliphatic rings. The lowest BCUT2D eigenvalue weighted by Gasteiger charge is -2.29. The normalized spacial score (nSPS) is 18.2. The van der Waals surface area contributed by atoms with E-state index in [9.17, 15) is 4.79 Å². The highest BCUT2D eigenvalue weighted by Gasteiger charge is 2.17. The summed E-state index contributed by atoms with van der Waals surface area (Å²) in [6.07, 6.45) is 1.98. The van der Waals surface area contributed by atoms with E-state index in [0.29, 0.717) is 31.7 Å². The monoisotopic (exact) mass is 257 g/mol. The van der Waals surface area contributed by atoms with Gasteiger partial charge >= 0.3 is 0 Å². The highest BCUT2D eigenvalue weighted by Crippen LogP contribution is 2.06. The Bertz CT molecular complexity index is 238. The number of amides is 1. The van der Waals surface area contributed by atoms with Crippen LogP contribution < -0.4 is 11.1 Å². The molecule has 106 valence electrons. The fourth-order valence-corrected chi connectivity index (χ4v) is 1.95. The van der Waals surface area contributed by atoms with Crippen molar-refractivity contribution in [2.24, 2.45) is 11.7 Å². The minimum absolute atomic E-state index is 0.0821. The van der Waals surface area contributed by atoms with Crippen molar-refractivity contribution < 1.29 is 9.53 Å². The molecule has 0 unspecified atom stereocenters. The molecule has 1 rings (SSSR count). The molecule has 1 saturated heterocycles. The first-order chi connectivity index (χ1) is 8.58. The molecule has 0 radical (unpaired) electrons. The molecule has 0 saturated carbocycles. The van der Waals surface area contributed by atoms with Gasteiger partial charge in [0, 0.05) is 32.3 Å². The Labute approximate surface area is 110 Å².